The summed E-state index contributed by atoms with van der Waals surface area (Å²) in [6.45, 7) is 9.47. The first kappa shape index (κ1) is 16.3. The zero-order valence-corrected chi connectivity index (χ0v) is 14.6. The van der Waals surface area contributed by atoms with Crippen LogP contribution < -0.4 is 21.3 Å². The van der Waals surface area contributed by atoms with Crippen LogP contribution >= 0.6 is 0 Å². The Morgan fingerprint density at radius 1 is 1.14 bits per heavy atom. The van der Waals surface area contributed by atoms with Gasteiger partial charge >= 0.3 is 0 Å². The summed E-state index contributed by atoms with van der Waals surface area (Å²) >= 11 is 0. The van der Waals surface area contributed by atoms with Crippen molar-refractivity contribution in [2.45, 2.75) is 39.3 Å². The molecule has 117 valence electrons. The predicted octanol–water partition coefficient (Wildman–Crippen LogP) is 2.00. The lowest BCUT2D eigenvalue weighted by molar-refractivity contribution is 0.512. The molecule has 1 aromatic carbocycles. The molecule has 6 heteroatoms. The van der Waals surface area contributed by atoms with Crippen LogP contribution in [0.1, 0.15) is 26.3 Å². The first-order valence-electron chi connectivity index (χ1n) is 7.10. The van der Waals surface area contributed by atoms with Gasteiger partial charge in [0.05, 0.1) is 16.5 Å². The normalized spacial score (nSPS) is 11.9. The molecule has 0 saturated heterocycles. The van der Waals surface area contributed by atoms with Crippen molar-refractivity contribution < 1.29 is 4.43 Å². The zero-order chi connectivity index (χ0) is 16.7. The highest BCUT2D eigenvalue weighted by molar-refractivity contribution is 6.49. The molecule has 0 atom stereocenters. The van der Waals surface area contributed by atoms with Crippen LogP contribution in [0.25, 0.3) is 10.9 Å². The van der Waals surface area contributed by atoms with E-state index in [4.69, 9.17) is 10.3 Å². The Morgan fingerprint density at radius 3 is 2.27 bits per heavy atom. The average molecular weight is 317 g/mol. The number of para-hydroxylation sites is 1. The van der Waals surface area contributed by atoms with Crippen molar-refractivity contribution in [2.75, 3.05) is 5.84 Å². The quantitative estimate of drug-likeness (QED) is 0.679. The molecule has 0 saturated carbocycles. The molecule has 2 rings (SSSR count). The van der Waals surface area contributed by atoms with E-state index in [-0.39, 0.29) is 11.2 Å². The van der Waals surface area contributed by atoms with Crippen LogP contribution in [0.5, 0.6) is 5.75 Å². The van der Waals surface area contributed by atoms with E-state index in [1.165, 1.54) is 0 Å². The van der Waals surface area contributed by atoms with E-state index in [0.29, 0.717) is 16.5 Å². The Morgan fingerprint density at radius 2 is 1.73 bits per heavy atom. The number of hydrogen-bond donors (Lipinski definition) is 1. The lowest BCUT2D eigenvalue weighted by Gasteiger charge is -2.20. The van der Waals surface area contributed by atoms with Crippen LogP contribution in [0.2, 0.25) is 13.1 Å². The third-order valence-corrected chi connectivity index (χ3v) is 3.94. The topological polar surface area (TPSA) is 74.3 Å². The molecule has 0 aliphatic rings. The first-order chi connectivity index (χ1) is 10.1. The van der Waals surface area contributed by atoms with Crippen molar-refractivity contribution in [1.82, 2.24) is 4.68 Å². The van der Waals surface area contributed by atoms with Gasteiger partial charge in [-0.15, -0.1) is 0 Å². The van der Waals surface area contributed by atoms with Crippen molar-refractivity contribution in [3.8, 4) is 5.75 Å². The van der Waals surface area contributed by atoms with Gasteiger partial charge in [-0.05, 0) is 30.6 Å². The average Bonchev–Trinajstić information content (AvgIpc) is 2.49. The molecule has 5 nitrogen and oxygen atoms in total. The third-order valence-electron chi connectivity index (χ3n) is 3.33. The summed E-state index contributed by atoms with van der Waals surface area (Å²) in [6, 6.07) is 6.82. The zero-order valence-electron chi connectivity index (χ0n) is 13.6. The van der Waals surface area contributed by atoms with Gasteiger partial charge in [0, 0.05) is 0 Å². The van der Waals surface area contributed by atoms with E-state index in [2.05, 4.69) is 0 Å². The number of nitrogens with zero attached hydrogens (tertiary/aromatic N) is 1. The van der Waals surface area contributed by atoms with Crippen molar-refractivity contribution in [3.05, 3.63) is 50.4 Å². The van der Waals surface area contributed by atoms with Crippen LogP contribution in [0, 0.1) is 0 Å². The van der Waals surface area contributed by atoms with Gasteiger partial charge in [0.15, 0.2) is 5.75 Å². The minimum atomic E-state index is -1.21. The van der Waals surface area contributed by atoms with Crippen molar-refractivity contribution in [1.29, 1.82) is 0 Å². The number of hydrogen-bond acceptors (Lipinski definition) is 4. The highest BCUT2D eigenvalue weighted by Gasteiger charge is 2.27. The molecule has 0 bridgehead atoms. The second kappa shape index (κ2) is 5.60. The number of nitrogen functional groups attached to an aromatic ring is 1. The molecule has 0 fully saturated rings. The van der Waals surface area contributed by atoms with E-state index < -0.39 is 20.0 Å². The summed E-state index contributed by atoms with van der Waals surface area (Å²) < 4.78 is 6.87. The molecule has 1 aromatic heterocycles. The second-order valence-electron chi connectivity index (χ2n) is 6.49. The Hall–Kier alpha value is -2.08. The molecular formula is C16H21N2O3Si. The fraction of sp³-hybridized carbons (Fsp3) is 0.375. The molecule has 0 aliphatic heterocycles. The van der Waals surface area contributed by atoms with Crippen molar-refractivity contribution in [3.63, 3.8) is 0 Å². The summed E-state index contributed by atoms with van der Waals surface area (Å²) in [5.74, 6) is 6.12. The molecule has 2 aromatic rings. The minimum absolute atomic E-state index is 0.136. The highest BCUT2D eigenvalue weighted by Crippen LogP contribution is 2.26. The van der Waals surface area contributed by atoms with E-state index >= 15 is 0 Å². The monoisotopic (exact) mass is 317 g/mol. The lowest BCUT2D eigenvalue weighted by atomic mass is 9.87. The molecule has 1 heterocycles. The molecule has 2 N–H and O–H groups in total. The first-order valence-corrected chi connectivity index (χ1v) is 9.51. The SMILES string of the molecule is C[Si](C)Oc1c(C(C)(C)C)c(=O)n(N)c2ccccc2c1=O. The number of nitrogens with two attached hydrogens (primary N) is 1. The third kappa shape index (κ3) is 2.78. The molecule has 0 aliphatic carbocycles. The van der Waals surface area contributed by atoms with Crippen LogP contribution in [0.15, 0.2) is 33.9 Å². The van der Waals surface area contributed by atoms with Crippen molar-refractivity contribution >= 4 is 19.9 Å². The fourth-order valence-corrected chi connectivity index (χ4v) is 3.00. The molecule has 22 heavy (non-hydrogen) atoms. The second-order valence-corrected chi connectivity index (χ2v) is 8.51. The van der Waals surface area contributed by atoms with Gasteiger partial charge in [0.25, 0.3) is 14.6 Å². The molecule has 0 spiro atoms. The highest BCUT2D eigenvalue weighted by atomic mass is 28.3. The Balaban J connectivity index is 3.14. The number of fused-ring (bicyclic) bond motifs is 1. The predicted molar refractivity (Wildman–Crippen MR) is 91.4 cm³/mol. The molecule has 0 amide bonds. The van der Waals surface area contributed by atoms with E-state index in [1.807, 2.05) is 33.9 Å². The number of benzene rings is 1. The Labute approximate surface area is 131 Å². The van der Waals surface area contributed by atoms with Gasteiger partial charge in [-0.3, -0.25) is 9.59 Å². The van der Waals surface area contributed by atoms with Gasteiger partial charge in [0.2, 0.25) is 5.43 Å². The summed E-state index contributed by atoms with van der Waals surface area (Å²) in [5.41, 5.74) is -0.516. The van der Waals surface area contributed by atoms with Crippen LogP contribution in [-0.4, -0.2) is 13.7 Å². The number of aromatic nitrogens is 1. The van der Waals surface area contributed by atoms with Gasteiger partial charge in [-0.25, -0.2) is 4.68 Å². The van der Waals surface area contributed by atoms with Gasteiger partial charge in [0.1, 0.15) is 0 Å². The molecular weight excluding hydrogens is 296 g/mol. The van der Waals surface area contributed by atoms with Gasteiger partial charge in [-0.1, -0.05) is 32.9 Å². The van der Waals surface area contributed by atoms with Crippen LogP contribution in [-0.2, 0) is 5.41 Å². The van der Waals surface area contributed by atoms with E-state index in [0.717, 1.165) is 4.68 Å². The van der Waals surface area contributed by atoms with Crippen LogP contribution in [0.3, 0.4) is 0 Å². The van der Waals surface area contributed by atoms with Gasteiger partial charge < -0.3 is 10.3 Å². The summed E-state index contributed by atoms with van der Waals surface area (Å²) in [5, 5.41) is 0.385. The van der Waals surface area contributed by atoms with E-state index in [1.54, 1.807) is 24.3 Å². The summed E-state index contributed by atoms with van der Waals surface area (Å²) in [4.78, 5) is 25.7. The maximum atomic E-state index is 12.9. The minimum Gasteiger partial charge on any atom is -0.540 e. The fourth-order valence-electron chi connectivity index (χ4n) is 2.40. The molecule has 0 unspecified atom stereocenters. The Bertz CT molecular complexity index is 836. The lowest BCUT2D eigenvalue weighted by Crippen LogP contribution is -2.34. The maximum Gasteiger partial charge on any atom is 0.276 e. The summed E-state index contributed by atoms with van der Waals surface area (Å²) in [6.07, 6.45) is 0. The summed E-state index contributed by atoms with van der Waals surface area (Å²) in [7, 11) is -1.21. The number of rotatable bonds is 2. The van der Waals surface area contributed by atoms with Crippen LogP contribution in [0.4, 0.5) is 0 Å². The Kier molecular flexibility index (Phi) is 4.15. The van der Waals surface area contributed by atoms with Crippen molar-refractivity contribution in [2.24, 2.45) is 0 Å². The largest absolute Gasteiger partial charge is 0.540 e. The molecule has 1 radical (unpaired) electrons. The van der Waals surface area contributed by atoms with Gasteiger partial charge in [-0.2, -0.15) is 0 Å². The standard InChI is InChI=1S/C16H21N2O3Si/c1-16(2,3)12-14(21-22(4)5)13(19)10-8-6-7-9-11(10)18(17)15(12)20/h6-9H,17H2,1-5H3. The smallest absolute Gasteiger partial charge is 0.276 e. The van der Waals surface area contributed by atoms with E-state index in [9.17, 15) is 9.59 Å². The maximum absolute atomic E-state index is 12.9.